The molecule has 0 bridgehead atoms. The van der Waals surface area contributed by atoms with Crippen molar-refractivity contribution in [3.05, 3.63) is 169 Å². The average molecular weight is 579 g/mol. The van der Waals surface area contributed by atoms with E-state index >= 15 is 0 Å². The van der Waals surface area contributed by atoms with Crippen LogP contribution in [-0.4, -0.2) is 9.55 Å². The minimum absolute atomic E-state index is 0.0327. The predicted molar refractivity (Wildman–Crippen MR) is 187 cm³/mol. The summed E-state index contributed by atoms with van der Waals surface area (Å²) in [6.45, 7) is 0.846. The lowest BCUT2D eigenvalue weighted by atomic mass is 9.96. The second-order valence-electron chi connectivity index (χ2n) is 11.8. The minimum atomic E-state index is 0.0327. The van der Waals surface area contributed by atoms with Gasteiger partial charge in [-0.2, -0.15) is 0 Å². The fourth-order valence-corrected chi connectivity index (χ4v) is 6.87. The zero-order chi connectivity index (χ0) is 29.7. The number of rotatable bonds is 4. The predicted octanol–water partition coefficient (Wildman–Crippen LogP) is 9.31. The van der Waals surface area contributed by atoms with Gasteiger partial charge in [0.05, 0.1) is 22.9 Å². The maximum Gasteiger partial charge on any atom is 0.0868 e. The van der Waals surface area contributed by atoms with Crippen LogP contribution in [0.3, 0.4) is 0 Å². The first kappa shape index (κ1) is 25.6. The molecule has 2 N–H and O–H groups in total. The van der Waals surface area contributed by atoms with Crippen molar-refractivity contribution in [1.29, 1.82) is 0 Å². The van der Waals surface area contributed by atoms with E-state index in [2.05, 4.69) is 155 Å². The third-order valence-electron chi connectivity index (χ3n) is 9.19. The van der Waals surface area contributed by atoms with Gasteiger partial charge in [0.15, 0.2) is 0 Å². The normalized spacial score (nSPS) is 15.6. The summed E-state index contributed by atoms with van der Waals surface area (Å²) < 4.78 is 2.36. The molecule has 2 aliphatic heterocycles. The lowest BCUT2D eigenvalue weighted by Gasteiger charge is -2.19. The van der Waals surface area contributed by atoms with E-state index in [1.54, 1.807) is 0 Å². The largest absolute Gasteiger partial charge is 0.387 e. The molecule has 0 fully saturated rings. The molecule has 5 aromatic carbocycles. The average Bonchev–Trinajstić information content (AvgIpc) is 3.46. The fraction of sp³-hybridized carbons (Fsp3) is 0.0488. The van der Waals surface area contributed by atoms with Crippen molar-refractivity contribution in [3.8, 4) is 16.8 Å². The van der Waals surface area contributed by atoms with Crippen molar-refractivity contribution >= 4 is 44.1 Å². The molecule has 2 aliphatic rings. The van der Waals surface area contributed by atoms with Crippen LogP contribution in [0.25, 0.3) is 60.9 Å². The number of nitrogens with zero attached hydrogens (tertiary/aromatic N) is 2. The van der Waals surface area contributed by atoms with Gasteiger partial charge in [-0.25, -0.2) is 0 Å². The number of hydrogen-bond donors (Lipinski definition) is 2. The van der Waals surface area contributed by atoms with E-state index in [-0.39, 0.29) is 6.04 Å². The Kier molecular flexibility index (Phi) is 5.91. The molecule has 0 spiro atoms. The summed E-state index contributed by atoms with van der Waals surface area (Å²) in [7, 11) is 0. The molecular weight excluding hydrogens is 548 g/mol. The second kappa shape index (κ2) is 10.4. The summed E-state index contributed by atoms with van der Waals surface area (Å²) in [4.78, 5) is 4.85. The van der Waals surface area contributed by atoms with Gasteiger partial charge < -0.3 is 15.2 Å². The quantitative estimate of drug-likeness (QED) is 0.205. The van der Waals surface area contributed by atoms with Crippen molar-refractivity contribution < 1.29 is 0 Å². The van der Waals surface area contributed by atoms with Gasteiger partial charge >= 0.3 is 0 Å². The van der Waals surface area contributed by atoms with Gasteiger partial charge in [-0.05, 0) is 80.9 Å². The topological polar surface area (TPSA) is 41.9 Å². The number of dihydropyridines is 1. The van der Waals surface area contributed by atoms with Gasteiger partial charge in [0.2, 0.25) is 0 Å². The Morgan fingerprint density at radius 2 is 1.44 bits per heavy atom. The van der Waals surface area contributed by atoms with Crippen molar-refractivity contribution in [2.75, 3.05) is 0 Å². The molecule has 2 aromatic heterocycles. The Balaban J connectivity index is 0.935. The number of pyridine rings is 1. The standard InChI is InChI=1S/C41H30N4/c1-2-6-34-28(5-1)9-10-30-23-29(13-18-35(30)34)32-15-20-39(44-25-32)38-19-14-31(24-43-38)27-11-16-33(17-12-27)45-40-8-4-3-7-36(40)37-26-42-22-21-41(37)45/h1-25,39,42,44H,26H2. The molecule has 4 nitrogen and oxygen atoms in total. The smallest absolute Gasteiger partial charge is 0.0868 e. The van der Waals surface area contributed by atoms with Gasteiger partial charge in [0, 0.05) is 41.1 Å². The van der Waals surface area contributed by atoms with Crippen LogP contribution in [0.2, 0.25) is 0 Å². The molecule has 45 heavy (non-hydrogen) atoms. The molecule has 1 atom stereocenters. The molecule has 0 amide bonds. The second-order valence-corrected chi connectivity index (χ2v) is 11.8. The number of benzene rings is 5. The first-order chi connectivity index (χ1) is 22.3. The molecule has 1 unspecified atom stereocenters. The Labute approximate surface area is 261 Å². The molecule has 214 valence electrons. The van der Waals surface area contributed by atoms with Crippen LogP contribution < -0.4 is 10.6 Å². The summed E-state index contributed by atoms with van der Waals surface area (Å²) >= 11 is 0. The van der Waals surface area contributed by atoms with Crippen molar-refractivity contribution in [3.63, 3.8) is 0 Å². The molecule has 9 rings (SSSR count). The number of nitrogens with one attached hydrogen (secondary N) is 2. The fourth-order valence-electron chi connectivity index (χ4n) is 6.87. The molecule has 0 radical (unpaired) electrons. The highest BCUT2D eigenvalue weighted by molar-refractivity contribution is 6.08. The zero-order valence-corrected chi connectivity index (χ0v) is 24.6. The van der Waals surface area contributed by atoms with E-state index < -0.39 is 0 Å². The van der Waals surface area contributed by atoms with E-state index in [1.807, 2.05) is 12.4 Å². The van der Waals surface area contributed by atoms with Gasteiger partial charge in [0.25, 0.3) is 0 Å². The Bertz CT molecular complexity index is 2340. The van der Waals surface area contributed by atoms with Crippen LogP contribution >= 0.6 is 0 Å². The van der Waals surface area contributed by atoms with Crippen molar-refractivity contribution in [2.24, 2.45) is 0 Å². The van der Waals surface area contributed by atoms with Gasteiger partial charge in [-0.1, -0.05) is 97.1 Å². The Morgan fingerprint density at radius 1 is 0.667 bits per heavy atom. The monoisotopic (exact) mass is 578 g/mol. The number of hydrogen-bond acceptors (Lipinski definition) is 3. The van der Waals surface area contributed by atoms with E-state index in [0.717, 1.165) is 29.1 Å². The number of aromatic nitrogens is 2. The Morgan fingerprint density at radius 3 is 2.29 bits per heavy atom. The summed E-state index contributed by atoms with van der Waals surface area (Å²) in [5, 5.41) is 13.3. The summed E-state index contributed by atoms with van der Waals surface area (Å²) in [5.41, 5.74) is 10.6. The van der Waals surface area contributed by atoms with Crippen LogP contribution in [-0.2, 0) is 6.54 Å². The molecule has 7 aromatic rings. The third-order valence-corrected chi connectivity index (χ3v) is 9.19. The minimum Gasteiger partial charge on any atom is -0.387 e. The molecule has 4 heterocycles. The van der Waals surface area contributed by atoms with Gasteiger partial charge in [-0.3, -0.25) is 4.98 Å². The summed E-state index contributed by atoms with van der Waals surface area (Å²) in [5.74, 6) is 0. The number of para-hydroxylation sites is 1. The van der Waals surface area contributed by atoms with Crippen molar-refractivity contribution in [1.82, 2.24) is 20.2 Å². The maximum atomic E-state index is 4.85. The number of allylic oxidation sites excluding steroid dienone is 2. The molecule has 0 saturated carbocycles. The highest BCUT2D eigenvalue weighted by Crippen LogP contribution is 2.34. The van der Waals surface area contributed by atoms with Crippen LogP contribution in [0.15, 0.2) is 146 Å². The highest BCUT2D eigenvalue weighted by atomic mass is 15.0. The van der Waals surface area contributed by atoms with E-state index in [4.69, 9.17) is 4.98 Å². The zero-order valence-electron chi connectivity index (χ0n) is 24.6. The van der Waals surface area contributed by atoms with E-state index in [0.29, 0.717) is 0 Å². The van der Waals surface area contributed by atoms with E-state index in [1.165, 1.54) is 54.8 Å². The summed E-state index contributed by atoms with van der Waals surface area (Å²) in [6, 6.07) is 41.5. The highest BCUT2D eigenvalue weighted by Gasteiger charge is 2.18. The van der Waals surface area contributed by atoms with Crippen LogP contribution in [0.5, 0.6) is 0 Å². The molecule has 0 aliphatic carbocycles. The lowest BCUT2D eigenvalue weighted by Crippen LogP contribution is -2.17. The lowest BCUT2D eigenvalue weighted by molar-refractivity contribution is 0.724. The van der Waals surface area contributed by atoms with Gasteiger partial charge in [-0.15, -0.1) is 0 Å². The van der Waals surface area contributed by atoms with Crippen LogP contribution in [0.4, 0.5) is 0 Å². The Hall–Kier alpha value is -5.87. The van der Waals surface area contributed by atoms with Crippen LogP contribution in [0.1, 0.15) is 28.6 Å². The maximum absolute atomic E-state index is 4.85. The SMILES string of the molecule is C1=Cc2c(c3ccccc3n2-c2ccc(-c3ccc(C4C=CC(c5ccc6c(ccc7ccccc76)c5)=CN4)nc3)cc2)CN1. The first-order valence-electron chi connectivity index (χ1n) is 15.5. The molecule has 4 heteroatoms. The first-order valence-corrected chi connectivity index (χ1v) is 15.5. The van der Waals surface area contributed by atoms with Crippen molar-refractivity contribution in [2.45, 2.75) is 12.6 Å². The van der Waals surface area contributed by atoms with E-state index in [9.17, 15) is 0 Å². The number of fused-ring (bicyclic) bond motifs is 6. The third kappa shape index (κ3) is 4.34. The molecular formula is C41H30N4. The van der Waals surface area contributed by atoms with Crippen LogP contribution in [0, 0.1) is 0 Å². The summed E-state index contributed by atoms with van der Waals surface area (Å²) in [6.07, 6.45) is 12.7. The van der Waals surface area contributed by atoms with Gasteiger partial charge in [0.1, 0.15) is 0 Å². The molecule has 0 saturated heterocycles.